The molecule has 0 aliphatic heterocycles. The molecule has 0 amide bonds. The predicted octanol–water partition coefficient (Wildman–Crippen LogP) is 1.45. The van der Waals surface area contributed by atoms with Crippen LogP contribution in [-0.4, -0.2) is 52.8 Å². The smallest absolute Gasteiger partial charge is 0.242 e. The number of nitrogens with zero attached hydrogens (tertiary/aromatic N) is 6. The second kappa shape index (κ2) is 8.08. The van der Waals surface area contributed by atoms with Gasteiger partial charge in [0.05, 0.1) is 28.8 Å². The normalized spacial score (nSPS) is 11.3. The lowest BCUT2D eigenvalue weighted by atomic mass is 10.2. The fourth-order valence-electron chi connectivity index (χ4n) is 2.56. The first-order valence-corrected chi connectivity index (χ1v) is 9.74. The third kappa shape index (κ3) is 4.11. The molecule has 3 rings (SSSR count). The number of benzene rings is 2. The monoisotopic (exact) mass is 398 g/mol. The Morgan fingerprint density at radius 2 is 1.64 bits per heavy atom. The van der Waals surface area contributed by atoms with Crippen molar-refractivity contribution in [3.05, 3.63) is 66.7 Å². The SMILES string of the molecule is CN(CCN(c1ccc(C#N)cc1)n1cnnc1)S(=O)(=O)c1ccc(O)cc1. The first-order chi connectivity index (χ1) is 13.4. The van der Waals surface area contributed by atoms with E-state index < -0.39 is 10.0 Å². The van der Waals surface area contributed by atoms with Gasteiger partial charge in [0.25, 0.3) is 0 Å². The van der Waals surface area contributed by atoms with E-state index in [2.05, 4.69) is 16.3 Å². The fraction of sp³-hybridized carbons (Fsp3) is 0.167. The summed E-state index contributed by atoms with van der Waals surface area (Å²) < 4.78 is 28.3. The van der Waals surface area contributed by atoms with E-state index in [0.29, 0.717) is 12.1 Å². The van der Waals surface area contributed by atoms with Crippen molar-refractivity contribution in [3.63, 3.8) is 0 Å². The van der Waals surface area contributed by atoms with Gasteiger partial charge in [-0.1, -0.05) is 0 Å². The summed E-state index contributed by atoms with van der Waals surface area (Å²) in [5.41, 5.74) is 1.29. The average molecular weight is 398 g/mol. The molecule has 1 heterocycles. The number of phenolic OH excluding ortho intramolecular Hbond substituents is 1. The fourth-order valence-corrected chi connectivity index (χ4v) is 3.72. The van der Waals surface area contributed by atoms with Crippen molar-refractivity contribution in [2.24, 2.45) is 0 Å². The average Bonchev–Trinajstić information content (AvgIpc) is 3.23. The van der Waals surface area contributed by atoms with Crippen LogP contribution in [0.2, 0.25) is 0 Å². The van der Waals surface area contributed by atoms with Crippen molar-refractivity contribution in [3.8, 4) is 11.8 Å². The maximum atomic E-state index is 12.7. The number of aromatic nitrogens is 3. The Bertz CT molecular complexity index is 1060. The van der Waals surface area contributed by atoms with Gasteiger partial charge < -0.3 is 5.11 Å². The van der Waals surface area contributed by atoms with Gasteiger partial charge in [-0.15, -0.1) is 10.2 Å². The van der Waals surface area contributed by atoms with E-state index in [-0.39, 0.29) is 17.2 Å². The Kier molecular flexibility index (Phi) is 5.58. The molecule has 1 aromatic heterocycles. The van der Waals surface area contributed by atoms with E-state index in [1.807, 2.05) is 0 Å². The molecule has 0 aliphatic rings. The second-order valence-electron chi connectivity index (χ2n) is 5.94. The highest BCUT2D eigenvalue weighted by molar-refractivity contribution is 7.89. The molecule has 9 nitrogen and oxygen atoms in total. The van der Waals surface area contributed by atoms with Crippen molar-refractivity contribution in [1.29, 1.82) is 5.26 Å². The molecule has 0 saturated heterocycles. The van der Waals surface area contributed by atoms with Crippen molar-refractivity contribution in [2.45, 2.75) is 4.90 Å². The van der Waals surface area contributed by atoms with E-state index in [4.69, 9.17) is 5.26 Å². The molecule has 0 aliphatic carbocycles. The van der Waals surface area contributed by atoms with Gasteiger partial charge >= 0.3 is 0 Å². The Balaban J connectivity index is 1.79. The zero-order valence-electron chi connectivity index (χ0n) is 15.0. The number of phenols is 1. The van der Waals surface area contributed by atoms with Gasteiger partial charge in [-0.2, -0.15) is 9.57 Å². The lowest BCUT2D eigenvalue weighted by Gasteiger charge is -2.27. The molecule has 0 fully saturated rings. The minimum atomic E-state index is -3.70. The molecule has 2 aromatic carbocycles. The Labute approximate surface area is 162 Å². The van der Waals surface area contributed by atoms with Gasteiger partial charge in [-0.3, -0.25) is 5.01 Å². The molecule has 0 saturated carbocycles. The van der Waals surface area contributed by atoms with Crippen LogP contribution in [0.3, 0.4) is 0 Å². The zero-order valence-corrected chi connectivity index (χ0v) is 15.9. The first-order valence-electron chi connectivity index (χ1n) is 8.30. The van der Waals surface area contributed by atoms with E-state index in [0.717, 1.165) is 5.69 Å². The van der Waals surface area contributed by atoms with E-state index in [1.54, 1.807) is 34.0 Å². The van der Waals surface area contributed by atoms with Crippen LogP contribution in [0.1, 0.15) is 5.56 Å². The predicted molar refractivity (Wildman–Crippen MR) is 102 cm³/mol. The number of sulfonamides is 1. The first kappa shape index (κ1) is 19.3. The summed E-state index contributed by atoms with van der Waals surface area (Å²) in [7, 11) is -2.21. The van der Waals surface area contributed by atoms with Gasteiger partial charge in [0.15, 0.2) is 0 Å². The molecule has 0 unspecified atom stereocenters. The minimum absolute atomic E-state index is 0.00111. The number of rotatable bonds is 7. The molecule has 28 heavy (non-hydrogen) atoms. The maximum Gasteiger partial charge on any atom is 0.242 e. The largest absolute Gasteiger partial charge is 0.508 e. The van der Waals surface area contributed by atoms with Gasteiger partial charge in [0.1, 0.15) is 18.4 Å². The van der Waals surface area contributed by atoms with Crippen molar-refractivity contribution >= 4 is 15.7 Å². The summed E-state index contributed by atoms with van der Waals surface area (Å²) in [6.45, 7) is 0.499. The Morgan fingerprint density at radius 1 is 1.04 bits per heavy atom. The number of aromatic hydroxyl groups is 1. The van der Waals surface area contributed by atoms with E-state index >= 15 is 0 Å². The molecule has 10 heteroatoms. The summed E-state index contributed by atoms with van der Waals surface area (Å²) >= 11 is 0. The molecular formula is C18H18N6O3S. The van der Waals surface area contributed by atoms with Crippen LogP contribution in [0.5, 0.6) is 5.75 Å². The minimum Gasteiger partial charge on any atom is -0.508 e. The van der Waals surface area contributed by atoms with E-state index in [9.17, 15) is 13.5 Å². The van der Waals surface area contributed by atoms with Crippen LogP contribution in [-0.2, 0) is 10.0 Å². The summed E-state index contributed by atoms with van der Waals surface area (Å²) in [6, 6.07) is 14.4. The van der Waals surface area contributed by atoms with Crippen molar-refractivity contribution < 1.29 is 13.5 Å². The van der Waals surface area contributed by atoms with Gasteiger partial charge in [-0.05, 0) is 48.5 Å². The molecule has 1 N–H and O–H groups in total. The quantitative estimate of drug-likeness (QED) is 0.640. The molecule has 0 atom stereocenters. The van der Waals surface area contributed by atoms with Crippen LogP contribution >= 0.6 is 0 Å². The summed E-state index contributed by atoms with van der Waals surface area (Å²) in [6.07, 6.45) is 3.01. The molecular weight excluding hydrogens is 380 g/mol. The lowest BCUT2D eigenvalue weighted by Crippen LogP contribution is -2.38. The standard InChI is InChI=1S/C18H18N6O3S/c1-22(28(26,27)18-8-6-17(25)7-9-18)10-11-24(23-13-20-21-14-23)16-4-2-15(12-19)3-5-16/h2-9,13-14,25H,10-11H2,1H3. The molecule has 3 aromatic rings. The van der Waals surface area contributed by atoms with Crippen LogP contribution < -0.4 is 5.01 Å². The molecule has 0 radical (unpaired) electrons. The number of nitriles is 1. The van der Waals surface area contributed by atoms with Crippen molar-refractivity contribution in [2.75, 3.05) is 25.1 Å². The molecule has 144 valence electrons. The zero-order chi connectivity index (χ0) is 20.1. The Hall–Kier alpha value is -3.42. The van der Waals surface area contributed by atoms with Gasteiger partial charge in [-0.25, -0.2) is 13.1 Å². The van der Waals surface area contributed by atoms with Gasteiger partial charge in [0, 0.05) is 13.6 Å². The summed E-state index contributed by atoms with van der Waals surface area (Å²) in [5, 5.41) is 27.7. The van der Waals surface area contributed by atoms with Crippen LogP contribution in [0.25, 0.3) is 0 Å². The highest BCUT2D eigenvalue weighted by Gasteiger charge is 2.22. The highest BCUT2D eigenvalue weighted by Crippen LogP contribution is 2.19. The van der Waals surface area contributed by atoms with Crippen molar-refractivity contribution in [1.82, 2.24) is 19.2 Å². The van der Waals surface area contributed by atoms with Crippen LogP contribution in [0.15, 0.2) is 66.1 Å². The number of hydrogen-bond donors (Lipinski definition) is 1. The summed E-state index contributed by atoms with van der Waals surface area (Å²) in [5.74, 6) is 0.00111. The number of anilines is 1. The number of hydrogen-bond acceptors (Lipinski definition) is 7. The van der Waals surface area contributed by atoms with Gasteiger partial charge in [0.2, 0.25) is 10.0 Å². The number of likely N-dealkylation sites (N-methyl/N-ethyl adjacent to an activating group) is 1. The lowest BCUT2D eigenvalue weighted by molar-refractivity contribution is 0.463. The summed E-state index contributed by atoms with van der Waals surface area (Å²) in [4.78, 5) is 0.0991. The third-order valence-corrected chi connectivity index (χ3v) is 6.02. The van der Waals surface area contributed by atoms with E-state index in [1.165, 1.54) is 48.3 Å². The molecule has 0 spiro atoms. The molecule has 0 bridgehead atoms. The topological polar surface area (TPSA) is 115 Å². The van der Waals surface area contributed by atoms with Crippen LogP contribution in [0, 0.1) is 11.3 Å². The second-order valence-corrected chi connectivity index (χ2v) is 7.99. The maximum absolute atomic E-state index is 12.7. The Morgan fingerprint density at radius 3 is 2.21 bits per heavy atom. The van der Waals surface area contributed by atoms with Crippen LogP contribution in [0.4, 0.5) is 5.69 Å². The third-order valence-electron chi connectivity index (χ3n) is 4.15. The highest BCUT2D eigenvalue weighted by atomic mass is 32.2.